The zero-order chi connectivity index (χ0) is 19.8. The van der Waals surface area contributed by atoms with Crippen molar-refractivity contribution in [3.63, 3.8) is 0 Å². The van der Waals surface area contributed by atoms with Crippen LogP contribution in [0, 0.1) is 0 Å². The van der Waals surface area contributed by atoms with E-state index in [-0.39, 0.29) is 24.5 Å². The molecule has 0 saturated carbocycles. The molecule has 1 saturated heterocycles. The van der Waals surface area contributed by atoms with Crippen LogP contribution in [0.3, 0.4) is 0 Å². The molecule has 1 aliphatic rings. The molecule has 1 atom stereocenters. The fourth-order valence-corrected chi connectivity index (χ4v) is 3.17. The normalized spacial score (nSPS) is 15.8. The van der Waals surface area contributed by atoms with Gasteiger partial charge in [0.1, 0.15) is 0 Å². The second kappa shape index (κ2) is 10.1. The maximum Gasteiger partial charge on any atom is 0.251 e. The first kappa shape index (κ1) is 20.2. The third-order valence-corrected chi connectivity index (χ3v) is 4.89. The number of anilines is 1. The van der Waals surface area contributed by atoms with Gasteiger partial charge in [0.05, 0.1) is 12.6 Å². The zero-order valence-corrected chi connectivity index (χ0v) is 16.3. The van der Waals surface area contributed by atoms with Gasteiger partial charge in [-0.2, -0.15) is 0 Å². The fraction of sp³-hybridized carbons (Fsp3) is 0.333. The zero-order valence-electron chi connectivity index (χ0n) is 15.5. The van der Waals surface area contributed by atoms with Crippen molar-refractivity contribution in [2.45, 2.75) is 25.5 Å². The van der Waals surface area contributed by atoms with Crippen LogP contribution in [-0.4, -0.2) is 37.6 Å². The minimum atomic E-state index is -0.159. The van der Waals surface area contributed by atoms with Crippen molar-refractivity contribution >= 4 is 29.1 Å². The van der Waals surface area contributed by atoms with Crippen molar-refractivity contribution in [3.05, 3.63) is 64.7 Å². The molecule has 1 heterocycles. The van der Waals surface area contributed by atoms with Crippen molar-refractivity contribution in [1.29, 1.82) is 0 Å². The van der Waals surface area contributed by atoms with Crippen LogP contribution in [0.1, 0.15) is 28.8 Å². The molecular formula is C21H24ClN3O3. The van der Waals surface area contributed by atoms with Gasteiger partial charge in [0.2, 0.25) is 5.91 Å². The molecule has 2 aromatic rings. The predicted octanol–water partition coefficient (Wildman–Crippen LogP) is 2.98. The highest BCUT2D eigenvalue weighted by Gasteiger charge is 2.16. The second-order valence-corrected chi connectivity index (χ2v) is 7.05. The number of hydrogen-bond acceptors (Lipinski definition) is 4. The average molecular weight is 402 g/mol. The number of nitrogens with one attached hydrogen (secondary N) is 3. The molecule has 2 amide bonds. The number of hydrogen-bond donors (Lipinski definition) is 3. The third-order valence-electron chi connectivity index (χ3n) is 4.53. The van der Waals surface area contributed by atoms with Crippen LogP contribution in [0.25, 0.3) is 0 Å². The van der Waals surface area contributed by atoms with Crippen LogP contribution in [-0.2, 0) is 16.1 Å². The largest absolute Gasteiger partial charge is 0.376 e. The molecule has 28 heavy (non-hydrogen) atoms. The van der Waals surface area contributed by atoms with Gasteiger partial charge < -0.3 is 20.7 Å². The van der Waals surface area contributed by atoms with Gasteiger partial charge in [0.25, 0.3) is 5.91 Å². The lowest BCUT2D eigenvalue weighted by atomic mass is 10.1. The SMILES string of the molecule is O=C(CNc1cccc(C(=O)NCC2CCCO2)c1)NCc1ccccc1Cl. The highest BCUT2D eigenvalue weighted by atomic mass is 35.5. The highest BCUT2D eigenvalue weighted by Crippen LogP contribution is 2.15. The van der Waals surface area contributed by atoms with Crippen LogP contribution < -0.4 is 16.0 Å². The molecule has 3 N–H and O–H groups in total. The summed E-state index contributed by atoms with van der Waals surface area (Å²) in [5, 5.41) is 9.37. The molecule has 0 aromatic heterocycles. The van der Waals surface area contributed by atoms with Gasteiger partial charge in [-0.3, -0.25) is 9.59 Å². The van der Waals surface area contributed by atoms with Crippen molar-refractivity contribution in [2.75, 3.05) is 25.0 Å². The minimum absolute atomic E-state index is 0.103. The Balaban J connectivity index is 1.45. The summed E-state index contributed by atoms with van der Waals surface area (Å²) in [6.07, 6.45) is 2.12. The van der Waals surface area contributed by atoms with Gasteiger partial charge in [0, 0.05) is 36.0 Å². The molecular weight excluding hydrogens is 378 g/mol. The lowest BCUT2D eigenvalue weighted by Gasteiger charge is -2.12. The maximum atomic E-state index is 12.3. The summed E-state index contributed by atoms with van der Waals surface area (Å²) in [7, 11) is 0. The number of amides is 2. The first-order chi connectivity index (χ1) is 13.6. The van der Waals surface area contributed by atoms with Gasteiger partial charge in [0.15, 0.2) is 0 Å². The van der Waals surface area contributed by atoms with E-state index in [9.17, 15) is 9.59 Å². The van der Waals surface area contributed by atoms with Crippen molar-refractivity contribution in [3.8, 4) is 0 Å². The molecule has 0 bridgehead atoms. The van der Waals surface area contributed by atoms with Gasteiger partial charge in [-0.25, -0.2) is 0 Å². The summed E-state index contributed by atoms with van der Waals surface area (Å²) in [5.41, 5.74) is 2.11. The number of benzene rings is 2. The summed E-state index contributed by atoms with van der Waals surface area (Å²) < 4.78 is 5.51. The second-order valence-electron chi connectivity index (χ2n) is 6.65. The molecule has 148 valence electrons. The maximum absolute atomic E-state index is 12.3. The van der Waals surface area contributed by atoms with E-state index in [1.807, 2.05) is 24.3 Å². The average Bonchev–Trinajstić information content (AvgIpc) is 3.24. The number of rotatable bonds is 8. The van der Waals surface area contributed by atoms with Crippen molar-refractivity contribution < 1.29 is 14.3 Å². The highest BCUT2D eigenvalue weighted by molar-refractivity contribution is 6.31. The van der Waals surface area contributed by atoms with Gasteiger partial charge in [-0.1, -0.05) is 35.9 Å². The smallest absolute Gasteiger partial charge is 0.251 e. The van der Waals surface area contributed by atoms with E-state index in [4.69, 9.17) is 16.3 Å². The number of carbonyl (C=O) groups is 2. The van der Waals surface area contributed by atoms with Gasteiger partial charge >= 0.3 is 0 Å². The summed E-state index contributed by atoms with van der Waals surface area (Å²) in [6.45, 7) is 1.75. The Morgan fingerprint density at radius 2 is 1.96 bits per heavy atom. The van der Waals surface area contributed by atoms with E-state index in [0.717, 1.165) is 25.0 Å². The topological polar surface area (TPSA) is 79.5 Å². The molecule has 1 fully saturated rings. The van der Waals surface area contributed by atoms with Crippen LogP contribution in [0.4, 0.5) is 5.69 Å². The Morgan fingerprint density at radius 1 is 1.11 bits per heavy atom. The summed E-state index contributed by atoms with van der Waals surface area (Å²) in [6, 6.07) is 14.5. The number of carbonyl (C=O) groups excluding carboxylic acids is 2. The molecule has 0 spiro atoms. The summed E-state index contributed by atoms with van der Waals surface area (Å²) in [5.74, 6) is -0.310. The Morgan fingerprint density at radius 3 is 2.75 bits per heavy atom. The molecule has 1 unspecified atom stereocenters. The first-order valence-corrected chi connectivity index (χ1v) is 9.73. The Bertz CT molecular complexity index is 822. The quantitative estimate of drug-likeness (QED) is 0.635. The third kappa shape index (κ3) is 5.97. The summed E-state index contributed by atoms with van der Waals surface area (Å²) in [4.78, 5) is 24.4. The van der Waals surface area contributed by atoms with E-state index >= 15 is 0 Å². The standard InChI is InChI=1S/C21H24ClN3O3/c22-19-9-2-1-5-16(19)12-24-20(26)14-23-17-7-3-6-15(11-17)21(27)25-13-18-8-4-10-28-18/h1-3,5-7,9,11,18,23H,4,8,10,12-14H2,(H,24,26)(H,25,27). The Kier molecular flexibility index (Phi) is 7.28. The van der Waals surface area contributed by atoms with E-state index in [1.54, 1.807) is 24.3 Å². The van der Waals surface area contributed by atoms with Crippen LogP contribution >= 0.6 is 11.6 Å². The number of ether oxygens (including phenoxy) is 1. The van der Waals surface area contributed by atoms with E-state index in [1.165, 1.54) is 0 Å². The van der Waals surface area contributed by atoms with Crippen molar-refractivity contribution in [1.82, 2.24) is 10.6 Å². The fourth-order valence-electron chi connectivity index (χ4n) is 2.96. The molecule has 0 aliphatic carbocycles. The first-order valence-electron chi connectivity index (χ1n) is 9.35. The monoisotopic (exact) mass is 401 g/mol. The molecule has 2 aromatic carbocycles. The molecule has 1 aliphatic heterocycles. The minimum Gasteiger partial charge on any atom is -0.376 e. The molecule has 6 nitrogen and oxygen atoms in total. The van der Waals surface area contributed by atoms with E-state index < -0.39 is 0 Å². The molecule has 7 heteroatoms. The lowest BCUT2D eigenvalue weighted by molar-refractivity contribution is -0.119. The Hall–Kier alpha value is -2.57. The van der Waals surface area contributed by atoms with Crippen molar-refractivity contribution in [2.24, 2.45) is 0 Å². The number of halogens is 1. The van der Waals surface area contributed by atoms with Gasteiger partial charge in [-0.15, -0.1) is 0 Å². The van der Waals surface area contributed by atoms with Crippen LogP contribution in [0.15, 0.2) is 48.5 Å². The Labute approximate surface area is 169 Å². The van der Waals surface area contributed by atoms with E-state index in [0.29, 0.717) is 29.4 Å². The van der Waals surface area contributed by atoms with Gasteiger partial charge in [-0.05, 0) is 42.7 Å². The summed E-state index contributed by atoms with van der Waals surface area (Å²) >= 11 is 6.08. The van der Waals surface area contributed by atoms with Crippen LogP contribution in [0.5, 0.6) is 0 Å². The molecule has 3 rings (SSSR count). The lowest BCUT2D eigenvalue weighted by Crippen LogP contribution is -2.32. The molecule has 0 radical (unpaired) electrons. The van der Waals surface area contributed by atoms with Crippen LogP contribution in [0.2, 0.25) is 5.02 Å². The van der Waals surface area contributed by atoms with E-state index in [2.05, 4.69) is 16.0 Å². The predicted molar refractivity (Wildman–Crippen MR) is 110 cm³/mol.